The predicted octanol–water partition coefficient (Wildman–Crippen LogP) is -1.76. The summed E-state index contributed by atoms with van der Waals surface area (Å²) in [5.74, 6) is -0.693. The predicted molar refractivity (Wildman–Crippen MR) is 143 cm³/mol. The SMILES string of the molecule is NC(=O)c1cccc([C@@H]2O[C@H](COP(=O)(O)OP(=O)(O)OC[C@@H]3O[C@H](n4cnc5c(N)ncnc54)[C@H](O)C3O)[C@H](O)C2O)c1. The quantitative estimate of drug-likeness (QED) is 0.105. The van der Waals surface area contributed by atoms with Gasteiger partial charge in [-0.3, -0.25) is 18.4 Å². The van der Waals surface area contributed by atoms with Crippen molar-refractivity contribution in [1.29, 1.82) is 0 Å². The van der Waals surface area contributed by atoms with E-state index in [1.54, 1.807) is 0 Å². The second kappa shape index (κ2) is 12.5. The number of fused-ring (bicyclic) bond motifs is 1. The smallest absolute Gasteiger partial charge is 0.387 e. The monoisotopic (exact) mass is 662 g/mol. The Morgan fingerprint density at radius 1 is 0.932 bits per heavy atom. The number of primary amides is 1. The van der Waals surface area contributed by atoms with Crippen LogP contribution in [0.3, 0.4) is 0 Å². The average molecular weight is 662 g/mol. The van der Waals surface area contributed by atoms with E-state index in [1.165, 1.54) is 35.2 Å². The molecule has 1 aromatic carbocycles. The number of phosphoric ester groups is 2. The highest BCUT2D eigenvalue weighted by Gasteiger charge is 2.47. The van der Waals surface area contributed by atoms with Crippen molar-refractivity contribution in [2.75, 3.05) is 18.9 Å². The number of carbonyl (C=O) groups is 1. The van der Waals surface area contributed by atoms with Gasteiger partial charge in [0, 0.05) is 5.56 Å². The summed E-state index contributed by atoms with van der Waals surface area (Å²) in [6.45, 7) is -1.78. The molecule has 240 valence electrons. The third-order valence-electron chi connectivity index (χ3n) is 6.87. The van der Waals surface area contributed by atoms with Gasteiger partial charge < -0.3 is 51.2 Å². The molecule has 10 N–H and O–H groups in total. The molecular formula is C22H28N6O14P2. The van der Waals surface area contributed by atoms with Crippen LogP contribution >= 0.6 is 15.6 Å². The number of nitrogens with two attached hydrogens (primary N) is 2. The van der Waals surface area contributed by atoms with Gasteiger partial charge in [0.05, 0.1) is 19.5 Å². The maximum atomic E-state index is 12.4. The number of phosphoric acid groups is 2. The minimum atomic E-state index is -5.37. The van der Waals surface area contributed by atoms with Crippen molar-refractivity contribution < 1.29 is 67.0 Å². The molecule has 4 heterocycles. The fourth-order valence-corrected chi connectivity index (χ4v) is 6.79. The summed E-state index contributed by atoms with van der Waals surface area (Å²) >= 11 is 0. The molecule has 0 aliphatic carbocycles. The Morgan fingerprint density at radius 3 is 2.23 bits per heavy atom. The fourth-order valence-electron chi connectivity index (χ4n) is 4.70. The molecule has 20 nitrogen and oxygen atoms in total. The molecule has 2 aliphatic heterocycles. The molecule has 0 spiro atoms. The zero-order chi connectivity index (χ0) is 32.0. The molecule has 4 unspecified atom stereocenters. The van der Waals surface area contributed by atoms with Crippen LogP contribution in [0.25, 0.3) is 11.2 Å². The second-order valence-electron chi connectivity index (χ2n) is 9.81. The summed E-state index contributed by atoms with van der Waals surface area (Å²) in [6, 6.07) is 5.72. The Balaban J connectivity index is 1.16. The number of hydrogen-bond acceptors (Lipinski definition) is 16. The van der Waals surface area contributed by atoms with E-state index in [0.29, 0.717) is 0 Å². The van der Waals surface area contributed by atoms with E-state index in [2.05, 4.69) is 19.3 Å². The van der Waals surface area contributed by atoms with Gasteiger partial charge in [-0.25, -0.2) is 24.1 Å². The Hall–Kier alpha value is -2.94. The number of aliphatic hydroxyl groups is 4. The lowest BCUT2D eigenvalue weighted by Crippen LogP contribution is -2.33. The van der Waals surface area contributed by atoms with Gasteiger partial charge in [-0.2, -0.15) is 4.31 Å². The van der Waals surface area contributed by atoms with Gasteiger partial charge in [0.25, 0.3) is 0 Å². The molecule has 10 atom stereocenters. The van der Waals surface area contributed by atoms with E-state index >= 15 is 0 Å². The van der Waals surface area contributed by atoms with E-state index in [1.807, 2.05) is 0 Å². The van der Waals surface area contributed by atoms with Gasteiger partial charge in [-0.05, 0) is 17.7 Å². The van der Waals surface area contributed by atoms with Gasteiger partial charge >= 0.3 is 15.6 Å². The molecule has 44 heavy (non-hydrogen) atoms. The maximum Gasteiger partial charge on any atom is 0.481 e. The summed E-state index contributed by atoms with van der Waals surface area (Å²) in [7, 11) is -10.7. The van der Waals surface area contributed by atoms with Gasteiger partial charge in [-0.1, -0.05) is 12.1 Å². The molecule has 1 amide bonds. The average Bonchev–Trinajstić information content (AvgIpc) is 3.61. The number of rotatable bonds is 11. The first-order valence-corrected chi connectivity index (χ1v) is 15.7. The van der Waals surface area contributed by atoms with Crippen LogP contribution in [0.15, 0.2) is 36.9 Å². The summed E-state index contributed by atoms with van der Waals surface area (Å²) < 4.78 is 50.9. The number of aromatic nitrogens is 4. The number of nitrogens with zero attached hydrogens (tertiary/aromatic N) is 4. The topological polar surface area (TPSA) is 314 Å². The highest BCUT2D eigenvalue weighted by molar-refractivity contribution is 7.61. The molecule has 0 radical (unpaired) electrons. The van der Waals surface area contributed by atoms with Crippen molar-refractivity contribution in [3.63, 3.8) is 0 Å². The van der Waals surface area contributed by atoms with Gasteiger partial charge in [0.15, 0.2) is 17.7 Å². The molecule has 5 rings (SSSR count). The number of imidazole rings is 1. The van der Waals surface area contributed by atoms with Crippen LogP contribution in [-0.2, 0) is 32.0 Å². The van der Waals surface area contributed by atoms with Crippen molar-refractivity contribution in [3.8, 4) is 0 Å². The number of carbonyl (C=O) groups excluding carboxylic acids is 1. The first-order valence-electron chi connectivity index (χ1n) is 12.7. The number of hydrogen-bond donors (Lipinski definition) is 8. The Morgan fingerprint density at radius 2 is 1.57 bits per heavy atom. The summed E-state index contributed by atoms with van der Waals surface area (Å²) in [4.78, 5) is 43.3. The van der Waals surface area contributed by atoms with Crippen LogP contribution in [0, 0.1) is 0 Å². The Labute approximate surface area is 247 Å². The van der Waals surface area contributed by atoms with Crippen LogP contribution in [0.5, 0.6) is 0 Å². The van der Waals surface area contributed by atoms with E-state index < -0.39 is 83.7 Å². The third-order valence-corrected chi connectivity index (χ3v) is 9.47. The standard InChI is InChI=1S/C22H28N6O14P2/c23-19-13-21(26-7-25-19)28(8-27-13)22-17(32)15(30)12(41-22)6-39-44(36,37)42-43(34,35)38-5-11-14(29)16(31)18(40-11)9-2-1-3-10(4-9)20(24)33/h1-4,7-8,11-12,14-18,22,29-32H,5-6H2,(H2,24,33)(H,34,35)(H,36,37)(H2,23,25,26)/t11-,12+,14+,15?,16?,17-,18+,22+/m1/s1. The van der Waals surface area contributed by atoms with Gasteiger partial charge in [0.1, 0.15) is 54.6 Å². The number of anilines is 1. The van der Waals surface area contributed by atoms with Crippen LogP contribution in [0.1, 0.15) is 28.3 Å². The lowest BCUT2D eigenvalue weighted by Gasteiger charge is -2.20. The normalized spacial score (nSPS) is 31.6. The van der Waals surface area contributed by atoms with Crippen molar-refractivity contribution in [1.82, 2.24) is 19.5 Å². The van der Waals surface area contributed by atoms with Crippen LogP contribution in [0.2, 0.25) is 0 Å². The Bertz CT molecular complexity index is 1630. The molecule has 0 saturated carbocycles. The zero-order valence-electron chi connectivity index (χ0n) is 22.3. The lowest BCUT2D eigenvalue weighted by atomic mass is 10.00. The van der Waals surface area contributed by atoms with E-state index in [9.17, 15) is 44.1 Å². The van der Waals surface area contributed by atoms with Crippen molar-refractivity contribution in [3.05, 3.63) is 48.0 Å². The minimum absolute atomic E-state index is 0.0516. The van der Waals surface area contributed by atoms with Crippen LogP contribution in [0.4, 0.5) is 5.82 Å². The highest BCUT2D eigenvalue weighted by atomic mass is 31.3. The molecule has 22 heteroatoms. The van der Waals surface area contributed by atoms with Crippen LogP contribution in [-0.4, -0.2) is 105 Å². The first-order chi connectivity index (χ1) is 20.7. The molecule has 2 aliphatic rings. The minimum Gasteiger partial charge on any atom is -0.387 e. The van der Waals surface area contributed by atoms with Crippen molar-refractivity contribution >= 4 is 38.5 Å². The number of ether oxygens (including phenoxy) is 2. The first kappa shape index (κ1) is 32.5. The van der Waals surface area contributed by atoms with Crippen molar-refractivity contribution in [2.24, 2.45) is 5.73 Å². The molecule has 2 aromatic heterocycles. The summed E-state index contributed by atoms with van der Waals surface area (Å²) in [6.07, 6.45) is -9.33. The highest BCUT2D eigenvalue weighted by Crippen LogP contribution is 2.60. The Kier molecular flexibility index (Phi) is 9.18. The largest absolute Gasteiger partial charge is 0.481 e. The zero-order valence-corrected chi connectivity index (χ0v) is 24.1. The van der Waals surface area contributed by atoms with Gasteiger partial charge in [0.2, 0.25) is 5.91 Å². The molecule has 3 aromatic rings. The summed E-state index contributed by atoms with van der Waals surface area (Å²) in [5, 5.41) is 41.7. The van der Waals surface area contributed by atoms with Crippen LogP contribution < -0.4 is 11.5 Å². The number of aliphatic hydroxyl groups excluding tert-OH is 4. The third kappa shape index (κ3) is 6.68. The number of benzene rings is 1. The molecule has 2 saturated heterocycles. The molecule has 0 bridgehead atoms. The van der Waals surface area contributed by atoms with E-state index in [0.717, 1.165) is 6.33 Å². The molecule has 2 fully saturated rings. The summed E-state index contributed by atoms with van der Waals surface area (Å²) in [5.41, 5.74) is 11.7. The fraction of sp³-hybridized carbons (Fsp3) is 0.455. The second-order valence-corrected chi connectivity index (χ2v) is 12.8. The molecular weight excluding hydrogens is 634 g/mol. The lowest BCUT2D eigenvalue weighted by molar-refractivity contribution is -0.0507. The van der Waals surface area contributed by atoms with Crippen molar-refractivity contribution in [2.45, 2.75) is 49.0 Å². The number of nitrogen functional groups attached to an aromatic ring is 1. The maximum absolute atomic E-state index is 12.4. The van der Waals surface area contributed by atoms with E-state index in [-0.39, 0.29) is 28.1 Å². The van der Waals surface area contributed by atoms with E-state index in [4.69, 9.17) is 30.0 Å². The number of amides is 1. The van der Waals surface area contributed by atoms with Gasteiger partial charge in [-0.15, -0.1) is 0 Å².